The normalized spacial score (nSPS) is 17.2. The standard InChI is InChI=1S/C32H42N6O4/c1-19(2)25-11-10-24(14-20(25)3)37-30(40)22-9-7-8-21(15-22)27-28(33)35-18-36-29(27)34-16-23-12-13-38(17-26(23)39)31(41)42-32(4,5)6/h7-11,14-15,18-19,23,26,39H,12-13,16-17H2,1-6H3,(H,37,40)(H3,33,34,35,36)/t23-,26-/m1/s1. The van der Waals surface area contributed by atoms with Gasteiger partial charge in [-0.05, 0) is 81.0 Å². The molecule has 2 amide bonds. The molecule has 2 atom stereocenters. The van der Waals surface area contributed by atoms with E-state index in [2.05, 4.69) is 34.4 Å². The van der Waals surface area contributed by atoms with E-state index in [1.165, 1.54) is 16.8 Å². The molecule has 1 aliphatic heterocycles. The summed E-state index contributed by atoms with van der Waals surface area (Å²) >= 11 is 0. The van der Waals surface area contributed by atoms with E-state index in [4.69, 9.17) is 10.5 Å². The predicted molar refractivity (Wildman–Crippen MR) is 166 cm³/mol. The van der Waals surface area contributed by atoms with Crippen molar-refractivity contribution in [3.63, 3.8) is 0 Å². The molecule has 0 bridgehead atoms. The van der Waals surface area contributed by atoms with Gasteiger partial charge in [0.2, 0.25) is 0 Å². The lowest BCUT2D eigenvalue weighted by atomic mass is 9.94. The van der Waals surface area contributed by atoms with Gasteiger partial charge < -0.3 is 31.1 Å². The summed E-state index contributed by atoms with van der Waals surface area (Å²) in [5.74, 6) is 0.821. The maximum absolute atomic E-state index is 13.2. The smallest absolute Gasteiger partial charge is 0.410 e. The summed E-state index contributed by atoms with van der Waals surface area (Å²) in [5, 5.41) is 17.1. The first kappa shape index (κ1) is 30.8. The number of nitrogens with one attached hydrogen (secondary N) is 2. The first-order valence-electron chi connectivity index (χ1n) is 14.3. The molecule has 1 aromatic heterocycles. The number of hydrogen-bond acceptors (Lipinski definition) is 8. The van der Waals surface area contributed by atoms with Crippen molar-refractivity contribution in [3.05, 3.63) is 65.5 Å². The van der Waals surface area contributed by atoms with Crippen molar-refractivity contribution in [2.75, 3.05) is 36.0 Å². The van der Waals surface area contributed by atoms with Crippen LogP contribution < -0.4 is 16.4 Å². The summed E-state index contributed by atoms with van der Waals surface area (Å²) in [4.78, 5) is 35.7. The number of nitrogens with two attached hydrogens (primary N) is 1. The molecule has 3 aromatic rings. The van der Waals surface area contributed by atoms with Crippen molar-refractivity contribution in [2.45, 2.75) is 65.6 Å². The number of aliphatic hydroxyl groups is 1. The van der Waals surface area contributed by atoms with E-state index in [0.717, 1.165) is 11.3 Å². The average molecular weight is 575 g/mol. The van der Waals surface area contributed by atoms with Crippen LogP contribution in [0.4, 0.5) is 22.1 Å². The third kappa shape index (κ3) is 7.55. The average Bonchev–Trinajstić information content (AvgIpc) is 2.91. The van der Waals surface area contributed by atoms with Gasteiger partial charge in [0, 0.05) is 30.3 Å². The van der Waals surface area contributed by atoms with Gasteiger partial charge >= 0.3 is 6.09 Å². The number of carbonyl (C=O) groups excluding carboxylic acids is 2. The van der Waals surface area contributed by atoms with E-state index >= 15 is 0 Å². The van der Waals surface area contributed by atoms with E-state index in [1.807, 2.05) is 52.0 Å². The largest absolute Gasteiger partial charge is 0.444 e. The molecule has 0 saturated carbocycles. The summed E-state index contributed by atoms with van der Waals surface area (Å²) in [6.07, 6.45) is 0.816. The van der Waals surface area contributed by atoms with Crippen LogP contribution in [0.15, 0.2) is 48.8 Å². The zero-order valence-electron chi connectivity index (χ0n) is 25.3. The van der Waals surface area contributed by atoms with Gasteiger partial charge in [0.05, 0.1) is 18.2 Å². The Balaban J connectivity index is 1.46. The second-order valence-corrected chi connectivity index (χ2v) is 12.2. The molecule has 224 valence electrons. The Bertz CT molecular complexity index is 1430. The van der Waals surface area contributed by atoms with Gasteiger partial charge in [-0.3, -0.25) is 4.79 Å². The highest BCUT2D eigenvalue weighted by Gasteiger charge is 2.32. The molecule has 1 fully saturated rings. The van der Waals surface area contributed by atoms with Crippen molar-refractivity contribution < 1.29 is 19.4 Å². The van der Waals surface area contributed by atoms with E-state index in [-0.39, 0.29) is 24.2 Å². The summed E-state index contributed by atoms with van der Waals surface area (Å²) in [5.41, 5.74) is 10.5. The minimum atomic E-state index is -0.730. The van der Waals surface area contributed by atoms with Crippen LogP contribution >= 0.6 is 0 Å². The zero-order chi connectivity index (χ0) is 30.6. The summed E-state index contributed by atoms with van der Waals surface area (Å²) < 4.78 is 5.45. The van der Waals surface area contributed by atoms with Crippen molar-refractivity contribution >= 4 is 29.3 Å². The number of aromatic nitrogens is 2. The number of anilines is 3. The fourth-order valence-corrected chi connectivity index (χ4v) is 5.18. The molecule has 0 unspecified atom stereocenters. The highest BCUT2D eigenvalue weighted by molar-refractivity contribution is 6.05. The minimum Gasteiger partial charge on any atom is -0.444 e. The second-order valence-electron chi connectivity index (χ2n) is 12.2. The minimum absolute atomic E-state index is 0.115. The third-order valence-corrected chi connectivity index (χ3v) is 7.34. The van der Waals surface area contributed by atoms with Crippen LogP contribution in [-0.4, -0.2) is 63.3 Å². The molecule has 1 saturated heterocycles. The third-order valence-electron chi connectivity index (χ3n) is 7.34. The Labute approximate surface area is 247 Å². The summed E-state index contributed by atoms with van der Waals surface area (Å²) in [7, 11) is 0. The molecule has 2 aromatic carbocycles. The number of amides is 2. The van der Waals surface area contributed by atoms with Crippen LogP contribution in [0.5, 0.6) is 0 Å². The molecule has 42 heavy (non-hydrogen) atoms. The molecule has 4 rings (SSSR count). The number of rotatable bonds is 7. The molecule has 0 aliphatic carbocycles. The van der Waals surface area contributed by atoms with Gasteiger partial charge in [-0.15, -0.1) is 0 Å². The van der Waals surface area contributed by atoms with Gasteiger partial charge in [0.1, 0.15) is 23.6 Å². The SMILES string of the molecule is Cc1cc(NC(=O)c2cccc(-c3c(N)ncnc3NC[C@H]3CCN(C(=O)OC(C)(C)C)C[C@H]3O)c2)ccc1C(C)C. The van der Waals surface area contributed by atoms with Gasteiger partial charge in [-0.25, -0.2) is 14.8 Å². The lowest BCUT2D eigenvalue weighted by Crippen LogP contribution is -2.49. The summed E-state index contributed by atoms with van der Waals surface area (Å²) in [6, 6.07) is 13.1. The van der Waals surface area contributed by atoms with Crippen molar-refractivity contribution in [2.24, 2.45) is 5.92 Å². The Kier molecular flexibility index (Phi) is 9.36. The highest BCUT2D eigenvalue weighted by Crippen LogP contribution is 2.32. The monoisotopic (exact) mass is 574 g/mol. The second kappa shape index (κ2) is 12.8. The molecular weight excluding hydrogens is 532 g/mol. The van der Waals surface area contributed by atoms with Gasteiger partial charge in [0.25, 0.3) is 5.91 Å². The van der Waals surface area contributed by atoms with Crippen molar-refractivity contribution in [1.29, 1.82) is 0 Å². The highest BCUT2D eigenvalue weighted by atomic mass is 16.6. The fourth-order valence-electron chi connectivity index (χ4n) is 5.18. The molecule has 1 aliphatic rings. The molecule has 10 nitrogen and oxygen atoms in total. The first-order chi connectivity index (χ1) is 19.8. The first-order valence-corrected chi connectivity index (χ1v) is 14.3. The molecule has 5 N–H and O–H groups in total. The number of likely N-dealkylation sites (tertiary alicyclic amines) is 1. The Morgan fingerprint density at radius 2 is 1.93 bits per heavy atom. The number of carbonyl (C=O) groups is 2. The number of nitrogen functional groups attached to an aromatic ring is 1. The van der Waals surface area contributed by atoms with E-state index < -0.39 is 17.8 Å². The van der Waals surface area contributed by atoms with Crippen LogP contribution in [0.2, 0.25) is 0 Å². The number of aliphatic hydroxyl groups excluding tert-OH is 1. The predicted octanol–water partition coefficient (Wildman–Crippen LogP) is 5.44. The maximum atomic E-state index is 13.2. The quantitative estimate of drug-likeness (QED) is 0.292. The summed E-state index contributed by atoms with van der Waals surface area (Å²) in [6.45, 7) is 12.9. The lowest BCUT2D eigenvalue weighted by Gasteiger charge is -2.36. The van der Waals surface area contributed by atoms with Gasteiger partial charge in [-0.2, -0.15) is 0 Å². The topological polar surface area (TPSA) is 143 Å². The number of β-amino-alcohol motifs (C(OH)–C–C–N with tert-alkyl or cyclic N) is 1. The van der Waals surface area contributed by atoms with Crippen LogP contribution in [0, 0.1) is 12.8 Å². The zero-order valence-corrected chi connectivity index (χ0v) is 25.3. The van der Waals surface area contributed by atoms with Crippen LogP contribution in [0.25, 0.3) is 11.1 Å². The molecule has 10 heteroatoms. The van der Waals surface area contributed by atoms with Crippen LogP contribution in [0.1, 0.15) is 68.4 Å². The number of hydrogen-bond donors (Lipinski definition) is 4. The number of piperidine rings is 1. The van der Waals surface area contributed by atoms with Crippen molar-refractivity contribution in [1.82, 2.24) is 14.9 Å². The van der Waals surface area contributed by atoms with E-state index in [9.17, 15) is 14.7 Å². The maximum Gasteiger partial charge on any atom is 0.410 e. The molecule has 0 spiro atoms. The lowest BCUT2D eigenvalue weighted by molar-refractivity contribution is -0.0104. The fraction of sp³-hybridized carbons (Fsp3) is 0.438. The van der Waals surface area contributed by atoms with Gasteiger partial charge in [-0.1, -0.05) is 32.0 Å². The van der Waals surface area contributed by atoms with E-state index in [1.54, 1.807) is 18.2 Å². The van der Waals surface area contributed by atoms with Gasteiger partial charge in [0.15, 0.2) is 0 Å². The number of benzene rings is 2. The van der Waals surface area contributed by atoms with Crippen molar-refractivity contribution in [3.8, 4) is 11.1 Å². The van der Waals surface area contributed by atoms with E-state index in [0.29, 0.717) is 47.9 Å². The number of ether oxygens (including phenoxy) is 1. The Morgan fingerprint density at radius 3 is 2.60 bits per heavy atom. The molecular formula is C32H42N6O4. The van der Waals surface area contributed by atoms with Crippen LogP contribution in [0.3, 0.4) is 0 Å². The molecule has 2 heterocycles. The number of nitrogens with zero attached hydrogens (tertiary/aromatic N) is 3. The Hall–Kier alpha value is -4.18. The van der Waals surface area contributed by atoms with Crippen LogP contribution in [-0.2, 0) is 4.74 Å². The number of aryl methyl sites for hydroxylation is 1. The molecule has 0 radical (unpaired) electrons. The Morgan fingerprint density at radius 1 is 1.17 bits per heavy atom.